The summed E-state index contributed by atoms with van der Waals surface area (Å²) in [5.74, 6) is -0.440. The van der Waals surface area contributed by atoms with Gasteiger partial charge in [0.25, 0.3) is 5.56 Å². The molecule has 0 bridgehead atoms. The van der Waals surface area contributed by atoms with Crippen LogP contribution in [0.1, 0.15) is 30.1 Å². The topological polar surface area (TPSA) is 67.3 Å². The quantitative estimate of drug-likeness (QED) is 0.679. The molecule has 1 aromatic carbocycles. The lowest BCUT2D eigenvalue weighted by Crippen LogP contribution is -2.36. The number of hydrogen-bond acceptors (Lipinski definition) is 5. The van der Waals surface area contributed by atoms with Crippen LogP contribution in [0.15, 0.2) is 23.0 Å². The van der Waals surface area contributed by atoms with Crippen LogP contribution in [0.25, 0.3) is 10.9 Å². The molecule has 1 fully saturated rings. The smallest absolute Gasteiger partial charge is 0.337 e. The Morgan fingerprint density at radius 3 is 2.96 bits per heavy atom. The van der Waals surface area contributed by atoms with Crippen molar-refractivity contribution in [1.29, 1.82) is 0 Å². The standard InChI is InChI=1S/C17H21N3O3S/c1-3-19-8-4-5-12(19)10-20-15(21)13-7-6-11(16(22)23-2)9-14(13)18-17(20)24/h6-7,9,12H,3-5,8,10H2,1-2H3,(H,18,24)/t12-/m1/s1. The fourth-order valence-corrected chi connectivity index (χ4v) is 3.66. The zero-order valence-corrected chi connectivity index (χ0v) is 14.7. The molecule has 0 aliphatic carbocycles. The molecule has 1 N–H and O–H groups in total. The molecule has 0 spiro atoms. The summed E-state index contributed by atoms with van der Waals surface area (Å²) in [6, 6.07) is 5.20. The second-order valence-corrected chi connectivity index (χ2v) is 6.41. The summed E-state index contributed by atoms with van der Waals surface area (Å²) in [4.78, 5) is 29.9. The summed E-state index contributed by atoms with van der Waals surface area (Å²) >= 11 is 5.39. The van der Waals surface area contributed by atoms with Crippen molar-refractivity contribution in [3.8, 4) is 0 Å². The first-order chi connectivity index (χ1) is 11.5. The number of aromatic amines is 1. The minimum atomic E-state index is -0.440. The third kappa shape index (κ3) is 3.01. The predicted molar refractivity (Wildman–Crippen MR) is 95.0 cm³/mol. The summed E-state index contributed by atoms with van der Waals surface area (Å²) in [6.07, 6.45) is 2.23. The Kier molecular flexibility index (Phi) is 4.82. The number of hydrogen-bond donors (Lipinski definition) is 1. The average Bonchev–Trinajstić information content (AvgIpc) is 3.04. The van der Waals surface area contributed by atoms with Crippen molar-refractivity contribution in [2.75, 3.05) is 20.2 Å². The van der Waals surface area contributed by atoms with Gasteiger partial charge in [-0.2, -0.15) is 0 Å². The van der Waals surface area contributed by atoms with Gasteiger partial charge in [-0.3, -0.25) is 14.3 Å². The van der Waals surface area contributed by atoms with Gasteiger partial charge in [-0.1, -0.05) is 6.92 Å². The van der Waals surface area contributed by atoms with Crippen LogP contribution in [-0.4, -0.2) is 46.7 Å². The summed E-state index contributed by atoms with van der Waals surface area (Å²) in [5, 5.41) is 0.525. The van der Waals surface area contributed by atoms with E-state index in [9.17, 15) is 9.59 Å². The second kappa shape index (κ2) is 6.86. The largest absolute Gasteiger partial charge is 0.465 e. The summed E-state index contributed by atoms with van der Waals surface area (Å²) in [7, 11) is 1.33. The van der Waals surface area contributed by atoms with Gasteiger partial charge in [0, 0.05) is 12.6 Å². The molecule has 2 aromatic rings. The number of likely N-dealkylation sites (N-methyl/N-ethyl adjacent to an activating group) is 1. The van der Waals surface area contributed by atoms with Crippen LogP contribution in [0, 0.1) is 4.77 Å². The Balaban J connectivity index is 2.03. The number of fused-ring (bicyclic) bond motifs is 1. The lowest BCUT2D eigenvalue weighted by molar-refractivity contribution is 0.0601. The van der Waals surface area contributed by atoms with Crippen molar-refractivity contribution in [3.05, 3.63) is 38.9 Å². The highest BCUT2D eigenvalue weighted by Gasteiger charge is 2.24. The SMILES string of the molecule is CCN1CCC[C@@H]1Cn1c(=S)[nH]c2cc(C(=O)OC)ccc2c1=O. The Bertz CT molecular complexity index is 887. The third-order valence-electron chi connectivity index (χ3n) is 4.70. The number of carbonyl (C=O) groups is 1. The van der Waals surface area contributed by atoms with Gasteiger partial charge in [-0.15, -0.1) is 0 Å². The summed E-state index contributed by atoms with van der Waals surface area (Å²) in [6.45, 7) is 4.78. The number of carbonyl (C=O) groups excluding carboxylic acids is 1. The van der Waals surface area contributed by atoms with Crippen LogP contribution in [0.4, 0.5) is 0 Å². The van der Waals surface area contributed by atoms with Gasteiger partial charge < -0.3 is 9.72 Å². The number of nitrogens with one attached hydrogen (secondary N) is 1. The molecule has 0 radical (unpaired) electrons. The number of benzene rings is 1. The molecule has 1 aliphatic rings. The summed E-state index contributed by atoms with van der Waals surface area (Å²) in [5.41, 5.74) is 0.830. The average molecular weight is 347 g/mol. The number of aromatic nitrogens is 2. The highest BCUT2D eigenvalue weighted by atomic mass is 32.1. The van der Waals surface area contributed by atoms with Crippen molar-refractivity contribution in [2.24, 2.45) is 0 Å². The van der Waals surface area contributed by atoms with E-state index in [1.54, 1.807) is 22.8 Å². The van der Waals surface area contributed by atoms with Gasteiger partial charge in [0.05, 0.1) is 23.6 Å². The van der Waals surface area contributed by atoms with E-state index in [0.717, 1.165) is 25.9 Å². The normalized spacial score (nSPS) is 18.2. The van der Waals surface area contributed by atoms with E-state index in [2.05, 4.69) is 16.8 Å². The molecule has 0 amide bonds. The number of likely N-dealkylation sites (tertiary alicyclic amines) is 1. The zero-order valence-electron chi connectivity index (χ0n) is 13.9. The number of nitrogens with zero attached hydrogens (tertiary/aromatic N) is 2. The van der Waals surface area contributed by atoms with Crippen LogP contribution >= 0.6 is 12.2 Å². The van der Waals surface area contributed by atoms with Crippen LogP contribution < -0.4 is 5.56 Å². The number of rotatable bonds is 4. The summed E-state index contributed by atoms with van der Waals surface area (Å²) < 4.78 is 6.73. The Hall–Kier alpha value is -1.99. The molecule has 6 nitrogen and oxygen atoms in total. The van der Waals surface area contributed by atoms with E-state index >= 15 is 0 Å². The van der Waals surface area contributed by atoms with Crippen LogP contribution in [0.3, 0.4) is 0 Å². The number of methoxy groups -OCH3 is 1. The monoisotopic (exact) mass is 347 g/mol. The van der Waals surface area contributed by atoms with Crippen molar-refractivity contribution >= 4 is 29.1 Å². The number of ether oxygens (including phenoxy) is 1. The van der Waals surface area contributed by atoms with Crippen molar-refractivity contribution in [3.63, 3.8) is 0 Å². The van der Waals surface area contributed by atoms with Crippen LogP contribution in [-0.2, 0) is 11.3 Å². The Morgan fingerprint density at radius 2 is 2.25 bits per heavy atom. The molecule has 7 heteroatoms. The molecule has 128 valence electrons. The first-order valence-electron chi connectivity index (χ1n) is 8.14. The van der Waals surface area contributed by atoms with Gasteiger partial charge in [-0.25, -0.2) is 4.79 Å². The Labute approximate surface area is 145 Å². The van der Waals surface area contributed by atoms with E-state index in [0.29, 0.717) is 33.8 Å². The highest BCUT2D eigenvalue weighted by Crippen LogP contribution is 2.18. The maximum absolute atomic E-state index is 12.8. The minimum absolute atomic E-state index is 0.117. The minimum Gasteiger partial charge on any atom is -0.465 e. The number of H-pyrrole nitrogens is 1. The van der Waals surface area contributed by atoms with Crippen LogP contribution in [0.5, 0.6) is 0 Å². The van der Waals surface area contributed by atoms with Gasteiger partial charge in [0.2, 0.25) is 0 Å². The van der Waals surface area contributed by atoms with Gasteiger partial charge in [-0.05, 0) is 56.3 Å². The molecule has 24 heavy (non-hydrogen) atoms. The van der Waals surface area contributed by atoms with E-state index in [4.69, 9.17) is 17.0 Å². The molecular formula is C17H21N3O3S. The van der Waals surface area contributed by atoms with Crippen molar-refractivity contribution in [1.82, 2.24) is 14.5 Å². The van der Waals surface area contributed by atoms with E-state index in [-0.39, 0.29) is 5.56 Å². The first-order valence-corrected chi connectivity index (χ1v) is 8.55. The fourth-order valence-electron chi connectivity index (χ4n) is 3.39. The lowest BCUT2D eigenvalue weighted by Gasteiger charge is -2.23. The van der Waals surface area contributed by atoms with E-state index in [1.807, 2.05) is 0 Å². The molecule has 0 saturated carbocycles. The molecule has 1 aromatic heterocycles. The molecule has 1 atom stereocenters. The molecule has 1 saturated heterocycles. The first kappa shape index (κ1) is 16.9. The second-order valence-electron chi connectivity index (χ2n) is 6.02. The van der Waals surface area contributed by atoms with Gasteiger partial charge in [0.1, 0.15) is 0 Å². The Morgan fingerprint density at radius 1 is 1.46 bits per heavy atom. The van der Waals surface area contributed by atoms with Crippen molar-refractivity contribution < 1.29 is 9.53 Å². The highest BCUT2D eigenvalue weighted by molar-refractivity contribution is 7.71. The zero-order chi connectivity index (χ0) is 17.3. The maximum atomic E-state index is 12.8. The van der Waals surface area contributed by atoms with E-state index < -0.39 is 5.97 Å². The molecule has 2 heterocycles. The molecular weight excluding hydrogens is 326 g/mol. The predicted octanol–water partition coefficient (Wildman–Crippen LogP) is 2.33. The van der Waals surface area contributed by atoms with Gasteiger partial charge >= 0.3 is 5.97 Å². The lowest BCUT2D eigenvalue weighted by atomic mass is 10.1. The van der Waals surface area contributed by atoms with E-state index in [1.165, 1.54) is 7.11 Å². The molecule has 0 unspecified atom stereocenters. The number of esters is 1. The van der Waals surface area contributed by atoms with Crippen molar-refractivity contribution in [2.45, 2.75) is 32.4 Å². The third-order valence-corrected chi connectivity index (χ3v) is 5.02. The van der Waals surface area contributed by atoms with Crippen LogP contribution in [0.2, 0.25) is 0 Å². The maximum Gasteiger partial charge on any atom is 0.337 e. The molecule has 3 rings (SSSR count). The molecule has 1 aliphatic heterocycles. The fraction of sp³-hybridized carbons (Fsp3) is 0.471. The van der Waals surface area contributed by atoms with Gasteiger partial charge in [0.15, 0.2) is 4.77 Å².